The quantitative estimate of drug-likeness (QED) is 0.239. The molecule has 1 unspecified atom stereocenters. The number of aromatic nitrogens is 2. The molecule has 0 bridgehead atoms. The number of nitriles is 1. The molecule has 0 radical (unpaired) electrons. The van der Waals surface area contributed by atoms with Crippen molar-refractivity contribution in [2.24, 2.45) is 0 Å². The minimum Gasteiger partial charge on any atom is -0.451 e. The van der Waals surface area contributed by atoms with Crippen LogP contribution in [0.1, 0.15) is 76.9 Å². The van der Waals surface area contributed by atoms with Gasteiger partial charge in [0.25, 0.3) is 0 Å². The number of carbonyl (C=O) groups excluding carboxylic acids is 1. The number of allylic oxidation sites excluding steroid dienone is 1. The number of carbonyl (C=O) groups is 1. The summed E-state index contributed by atoms with van der Waals surface area (Å²) in [5.74, 6) is 0.0211. The third kappa shape index (κ3) is 6.21. The zero-order valence-corrected chi connectivity index (χ0v) is 19.7. The van der Waals surface area contributed by atoms with E-state index in [1.54, 1.807) is 11.6 Å². The van der Waals surface area contributed by atoms with Gasteiger partial charge in [0.2, 0.25) is 6.29 Å². The number of aryl methyl sites for hydroxylation is 2. The maximum atomic E-state index is 11.9. The largest absolute Gasteiger partial charge is 0.451 e. The van der Waals surface area contributed by atoms with E-state index in [2.05, 4.69) is 31.9 Å². The van der Waals surface area contributed by atoms with Crippen LogP contribution in [-0.4, -0.2) is 22.0 Å². The molecule has 1 aromatic heterocycles. The van der Waals surface area contributed by atoms with Gasteiger partial charge >= 0.3 is 5.97 Å². The zero-order valence-electron chi connectivity index (χ0n) is 19.7. The summed E-state index contributed by atoms with van der Waals surface area (Å²) < 4.78 is 13.2. The van der Waals surface area contributed by atoms with Crippen LogP contribution in [0, 0.1) is 18.3 Å². The van der Waals surface area contributed by atoms with Crippen molar-refractivity contribution in [3.05, 3.63) is 52.8 Å². The van der Waals surface area contributed by atoms with Gasteiger partial charge in [0.15, 0.2) is 5.76 Å². The Morgan fingerprint density at radius 3 is 2.35 bits per heavy atom. The first kappa shape index (κ1) is 24.2. The molecule has 1 heterocycles. The van der Waals surface area contributed by atoms with Gasteiger partial charge in [0, 0.05) is 19.9 Å². The van der Waals surface area contributed by atoms with Gasteiger partial charge in [0.05, 0.1) is 5.69 Å². The second kappa shape index (κ2) is 10.3. The molecule has 0 spiro atoms. The highest BCUT2D eigenvalue weighted by Crippen LogP contribution is 2.31. The lowest BCUT2D eigenvalue weighted by Crippen LogP contribution is -2.19. The van der Waals surface area contributed by atoms with E-state index < -0.39 is 6.29 Å². The van der Waals surface area contributed by atoms with Gasteiger partial charge in [-0.05, 0) is 42.9 Å². The summed E-state index contributed by atoms with van der Waals surface area (Å²) in [6, 6.07) is 12.1. The number of nitrogens with zero attached hydrogens (tertiary/aromatic N) is 3. The summed E-state index contributed by atoms with van der Waals surface area (Å²) in [5.41, 5.74) is 3.78. The molecule has 166 valence electrons. The monoisotopic (exact) mass is 423 g/mol. The average Bonchev–Trinajstić information content (AvgIpc) is 3.08. The van der Waals surface area contributed by atoms with E-state index >= 15 is 0 Å². The Bertz CT molecular complexity index is 973. The fraction of sp³-hybridized carbons (Fsp3) is 0.480. The third-order valence-electron chi connectivity index (χ3n) is 4.85. The highest BCUT2D eigenvalue weighted by molar-refractivity contribution is 5.94. The summed E-state index contributed by atoms with van der Waals surface area (Å²) in [4.78, 5) is 11.9. The average molecular weight is 424 g/mol. The molecule has 31 heavy (non-hydrogen) atoms. The van der Waals surface area contributed by atoms with E-state index in [9.17, 15) is 10.1 Å². The molecular formula is C25H33N3O3. The number of esters is 1. The van der Waals surface area contributed by atoms with Gasteiger partial charge in [-0.3, -0.25) is 9.48 Å². The Morgan fingerprint density at radius 2 is 1.84 bits per heavy atom. The molecule has 1 atom stereocenters. The standard InChI is InChI=1S/C25H33N3O3/c1-8-10-23(29)30-18(4)31-24(22-15-17(3)27-28(22)9-2)21(16-26)19-11-13-20(14-12-19)25(5,6)7/h11-15,18H,8-10H2,1-7H3/b24-21-. The molecule has 0 amide bonds. The summed E-state index contributed by atoms with van der Waals surface area (Å²) in [6.07, 6.45) is 0.171. The van der Waals surface area contributed by atoms with Gasteiger partial charge in [0.1, 0.15) is 17.3 Å². The van der Waals surface area contributed by atoms with Gasteiger partial charge < -0.3 is 9.47 Å². The predicted molar refractivity (Wildman–Crippen MR) is 122 cm³/mol. The molecule has 2 aromatic rings. The van der Waals surface area contributed by atoms with E-state index in [0.717, 1.165) is 11.3 Å². The smallest absolute Gasteiger partial charge is 0.308 e. The molecule has 1 aromatic carbocycles. The molecular weight excluding hydrogens is 390 g/mol. The van der Waals surface area contributed by atoms with Crippen molar-refractivity contribution in [2.45, 2.75) is 79.6 Å². The van der Waals surface area contributed by atoms with Crippen molar-refractivity contribution in [3.63, 3.8) is 0 Å². The lowest BCUT2D eigenvalue weighted by atomic mass is 9.86. The van der Waals surface area contributed by atoms with E-state index in [1.807, 2.05) is 51.1 Å². The van der Waals surface area contributed by atoms with Gasteiger partial charge in [-0.15, -0.1) is 0 Å². The Hall–Kier alpha value is -3.07. The Labute approximate surface area is 185 Å². The highest BCUT2D eigenvalue weighted by atomic mass is 16.7. The fourth-order valence-electron chi connectivity index (χ4n) is 3.24. The maximum absolute atomic E-state index is 11.9. The Balaban J connectivity index is 2.56. The SMILES string of the molecule is CCCC(=O)OC(C)O/C(=C(/C#N)c1ccc(C(C)(C)C)cc1)c1cc(C)nn1CC. The Morgan fingerprint density at radius 1 is 1.19 bits per heavy atom. The van der Waals surface area contributed by atoms with Crippen molar-refractivity contribution < 1.29 is 14.3 Å². The topological polar surface area (TPSA) is 77.1 Å². The molecule has 0 N–H and O–H groups in total. The highest BCUT2D eigenvalue weighted by Gasteiger charge is 2.22. The molecule has 6 nitrogen and oxygen atoms in total. The van der Waals surface area contributed by atoms with E-state index in [1.165, 1.54) is 5.56 Å². The lowest BCUT2D eigenvalue weighted by Gasteiger charge is -2.21. The summed E-state index contributed by atoms with van der Waals surface area (Å²) in [5, 5.41) is 14.6. The number of rotatable bonds is 8. The number of benzene rings is 1. The second-order valence-corrected chi connectivity index (χ2v) is 8.56. The third-order valence-corrected chi connectivity index (χ3v) is 4.85. The summed E-state index contributed by atoms with van der Waals surface area (Å²) >= 11 is 0. The van der Waals surface area contributed by atoms with Gasteiger partial charge in [-0.2, -0.15) is 10.4 Å². The van der Waals surface area contributed by atoms with E-state index in [0.29, 0.717) is 36.4 Å². The number of hydrogen-bond acceptors (Lipinski definition) is 5. The number of hydrogen-bond donors (Lipinski definition) is 0. The van der Waals surface area contributed by atoms with Crippen molar-refractivity contribution >= 4 is 17.3 Å². The minimum atomic E-state index is -0.841. The van der Waals surface area contributed by atoms with E-state index in [-0.39, 0.29) is 11.4 Å². The normalized spacial score (nSPS) is 13.2. The van der Waals surface area contributed by atoms with Crippen LogP contribution in [0.25, 0.3) is 11.3 Å². The fourth-order valence-corrected chi connectivity index (χ4v) is 3.24. The molecule has 0 fully saturated rings. The van der Waals surface area contributed by atoms with Crippen LogP contribution in [0.4, 0.5) is 0 Å². The van der Waals surface area contributed by atoms with Crippen LogP contribution < -0.4 is 0 Å². The van der Waals surface area contributed by atoms with Gasteiger partial charge in [-0.1, -0.05) is 52.0 Å². The minimum absolute atomic E-state index is 0.00825. The molecule has 0 saturated carbocycles. The molecule has 0 aliphatic heterocycles. The molecule has 6 heteroatoms. The van der Waals surface area contributed by atoms with Crippen molar-refractivity contribution in [3.8, 4) is 6.07 Å². The Kier molecular flexibility index (Phi) is 8.04. The number of ether oxygens (including phenoxy) is 2. The van der Waals surface area contributed by atoms with Crippen LogP contribution >= 0.6 is 0 Å². The van der Waals surface area contributed by atoms with Crippen LogP contribution in [0.2, 0.25) is 0 Å². The first-order valence-electron chi connectivity index (χ1n) is 10.8. The molecule has 0 aliphatic rings. The van der Waals surface area contributed by atoms with Crippen LogP contribution in [0.5, 0.6) is 0 Å². The first-order valence-corrected chi connectivity index (χ1v) is 10.8. The van der Waals surface area contributed by atoms with Gasteiger partial charge in [-0.25, -0.2) is 0 Å². The predicted octanol–water partition coefficient (Wildman–Crippen LogP) is 5.61. The summed E-state index contributed by atoms with van der Waals surface area (Å²) in [6.45, 7) is 14.5. The first-order chi connectivity index (χ1) is 14.6. The molecule has 0 saturated heterocycles. The summed E-state index contributed by atoms with van der Waals surface area (Å²) in [7, 11) is 0. The van der Waals surface area contributed by atoms with Crippen LogP contribution in [0.15, 0.2) is 30.3 Å². The van der Waals surface area contributed by atoms with E-state index in [4.69, 9.17) is 9.47 Å². The van der Waals surface area contributed by atoms with Crippen molar-refractivity contribution in [2.75, 3.05) is 0 Å². The lowest BCUT2D eigenvalue weighted by molar-refractivity contribution is -0.164. The second-order valence-electron chi connectivity index (χ2n) is 8.56. The molecule has 0 aliphatic carbocycles. The van der Waals surface area contributed by atoms with Crippen molar-refractivity contribution in [1.82, 2.24) is 9.78 Å². The maximum Gasteiger partial charge on any atom is 0.308 e. The molecule has 2 rings (SSSR count). The van der Waals surface area contributed by atoms with Crippen LogP contribution in [-0.2, 0) is 26.2 Å². The van der Waals surface area contributed by atoms with Crippen molar-refractivity contribution in [1.29, 1.82) is 5.26 Å². The van der Waals surface area contributed by atoms with Crippen LogP contribution in [0.3, 0.4) is 0 Å². The zero-order chi connectivity index (χ0) is 23.2.